The van der Waals surface area contributed by atoms with Gasteiger partial charge in [-0.3, -0.25) is 0 Å². The Hall–Kier alpha value is -2.62. The van der Waals surface area contributed by atoms with Gasteiger partial charge in [0.15, 0.2) is 11.5 Å². The normalized spacial score (nSPS) is 12.9. The first-order valence-electron chi connectivity index (χ1n) is 9.95. The van der Waals surface area contributed by atoms with Gasteiger partial charge in [-0.05, 0) is 56.2 Å². The lowest BCUT2D eigenvalue weighted by atomic mass is 10.0. The van der Waals surface area contributed by atoms with Gasteiger partial charge in [-0.25, -0.2) is 23.6 Å². The lowest BCUT2D eigenvalue weighted by molar-refractivity contribution is -2.00. The number of halogens is 1. The summed E-state index contributed by atoms with van der Waals surface area (Å²) >= 11 is 0. The van der Waals surface area contributed by atoms with Crippen molar-refractivity contribution in [2.75, 3.05) is 14.2 Å². The maximum Gasteiger partial charge on any atom is 0.213 e. The molecule has 0 amide bonds. The van der Waals surface area contributed by atoms with E-state index < -0.39 is 10.2 Å². The van der Waals surface area contributed by atoms with Crippen LogP contribution in [0.3, 0.4) is 0 Å². The highest BCUT2D eigenvalue weighted by molar-refractivity contribution is 5.82. The van der Waals surface area contributed by atoms with Gasteiger partial charge in [0.25, 0.3) is 0 Å². The van der Waals surface area contributed by atoms with Crippen molar-refractivity contribution in [3.8, 4) is 22.8 Å². The molecule has 0 saturated heterocycles. The lowest BCUT2D eigenvalue weighted by Crippen LogP contribution is -2.81. The van der Waals surface area contributed by atoms with Gasteiger partial charge in [0.2, 0.25) is 5.36 Å². The molecular formula is C23H28ClNO7. The van der Waals surface area contributed by atoms with Crippen LogP contribution in [0.15, 0.2) is 40.8 Å². The summed E-state index contributed by atoms with van der Waals surface area (Å²) < 4.78 is 51.1. The Kier molecular flexibility index (Phi) is 8.65. The predicted molar refractivity (Wildman–Crippen MR) is 108 cm³/mol. The molecule has 2 aromatic carbocycles. The zero-order valence-corrected chi connectivity index (χ0v) is 19.7. The van der Waals surface area contributed by atoms with Gasteiger partial charge in [-0.2, -0.15) is 0 Å². The van der Waals surface area contributed by atoms with Crippen molar-refractivity contribution >= 4 is 11.0 Å². The number of aryl methyl sites for hydroxylation is 2. The second kappa shape index (κ2) is 10.8. The summed E-state index contributed by atoms with van der Waals surface area (Å²) in [7, 11) is -1.67. The summed E-state index contributed by atoms with van der Waals surface area (Å²) in [5.74, 6) is 2.17. The first-order chi connectivity index (χ1) is 15.0. The molecule has 8 nitrogen and oxygen atoms in total. The van der Waals surface area contributed by atoms with Crippen molar-refractivity contribution in [1.82, 2.24) is 0 Å². The Bertz CT molecular complexity index is 1130. The highest BCUT2D eigenvalue weighted by Gasteiger charge is 2.14. The monoisotopic (exact) mass is 465 g/mol. The summed E-state index contributed by atoms with van der Waals surface area (Å²) in [6.07, 6.45) is 1.05. The third-order valence-corrected chi connectivity index (χ3v) is 4.89. The van der Waals surface area contributed by atoms with Crippen molar-refractivity contribution in [1.29, 1.82) is 0 Å². The molecule has 1 N–H and O–H groups in total. The molecule has 0 saturated carbocycles. The molecule has 174 valence electrons. The van der Waals surface area contributed by atoms with Gasteiger partial charge in [-0.15, -0.1) is 10.2 Å². The van der Waals surface area contributed by atoms with Crippen molar-refractivity contribution in [3.05, 3.63) is 52.9 Å². The maximum absolute atomic E-state index is 8.49. The standard InChI is InChI=1S/C23H27NO3.ClHO4/c1-7-16(4)24-18-13-20(17-8-9-19(25-5)21(12-17)26-6)27-22-11-14(2)10-15(3)23(18)22;2-1(3,4)5/h8-13,16H,7H2,1-6H3;(H,2,3,4,5). The second-order valence-electron chi connectivity index (χ2n) is 7.38. The van der Waals surface area contributed by atoms with Crippen LogP contribution in [0.1, 0.15) is 31.4 Å². The number of fused-ring (bicyclic) bond motifs is 1. The summed E-state index contributed by atoms with van der Waals surface area (Å²) in [5.41, 5.74) is 4.22. The minimum absolute atomic E-state index is 0.370. The quantitative estimate of drug-likeness (QED) is 0.497. The highest BCUT2D eigenvalue weighted by atomic mass is 35.7. The molecule has 1 atom stereocenters. The van der Waals surface area contributed by atoms with E-state index in [0.717, 1.165) is 34.1 Å². The van der Waals surface area contributed by atoms with Gasteiger partial charge < -0.3 is 13.9 Å². The first-order valence-corrected chi connectivity index (χ1v) is 11.2. The molecule has 32 heavy (non-hydrogen) atoms. The fourth-order valence-electron chi connectivity index (χ4n) is 3.32. The maximum atomic E-state index is 8.49. The van der Waals surface area contributed by atoms with Crippen LogP contribution in [0, 0.1) is 24.1 Å². The van der Waals surface area contributed by atoms with Crippen molar-refractivity contribution in [3.63, 3.8) is 0 Å². The second-order valence-corrected chi connectivity index (χ2v) is 8.14. The summed E-state index contributed by atoms with van der Waals surface area (Å²) in [5, 5.41) is 2.22. The zero-order chi connectivity index (χ0) is 24.1. The van der Waals surface area contributed by atoms with E-state index in [4.69, 9.17) is 32.5 Å². The fraction of sp³-hybridized carbons (Fsp3) is 0.348. The molecule has 0 fully saturated rings. The third kappa shape index (κ3) is 6.94. The van der Waals surface area contributed by atoms with Crippen LogP contribution in [0.4, 0.5) is 0 Å². The van der Waals surface area contributed by atoms with E-state index >= 15 is 0 Å². The number of methoxy groups -OCH3 is 2. The number of benzene rings is 2. The van der Waals surface area contributed by atoms with Crippen LogP contribution in [0.2, 0.25) is 0 Å². The minimum Gasteiger partial charge on any atom is -0.493 e. The molecule has 0 spiro atoms. The molecule has 0 aliphatic heterocycles. The van der Waals surface area contributed by atoms with Crippen molar-refractivity contribution in [2.45, 2.75) is 40.2 Å². The van der Waals surface area contributed by atoms with Crippen LogP contribution < -0.4 is 38.5 Å². The van der Waals surface area contributed by atoms with E-state index in [9.17, 15) is 0 Å². The number of hydrogen-bond acceptors (Lipinski definition) is 7. The summed E-state index contributed by atoms with van der Waals surface area (Å²) in [6, 6.07) is 12.6. The van der Waals surface area contributed by atoms with Crippen LogP contribution in [-0.2, 0) is 0 Å². The molecule has 9 heteroatoms. The number of rotatable bonds is 5. The van der Waals surface area contributed by atoms with Crippen LogP contribution in [0.25, 0.3) is 22.3 Å². The average Bonchev–Trinajstić information content (AvgIpc) is 2.71. The zero-order valence-electron chi connectivity index (χ0n) is 19.0. The molecule has 0 aliphatic rings. The topological polar surface area (TPSA) is 138 Å². The van der Waals surface area contributed by atoms with Crippen molar-refractivity contribution < 1.29 is 47.8 Å². The molecule has 3 rings (SSSR count). The van der Waals surface area contributed by atoms with E-state index in [0.29, 0.717) is 17.5 Å². The molecule has 1 heterocycles. The van der Waals surface area contributed by atoms with E-state index in [1.165, 1.54) is 11.1 Å². The minimum atomic E-state index is -4.94. The Balaban J connectivity index is 0.000000654. The Morgan fingerprint density at radius 2 is 1.59 bits per heavy atom. The molecule has 0 radical (unpaired) electrons. The smallest absolute Gasteiger partial charge is 0.213 e. The molecule has 3 aromatic rings. The molecule has 0 aliphatic carbocycles. The lowest BCUT2D eigenvalue weighted by Gasteiger charge is -2.17. The van der Waals surface area contributed by atoms with Crippen LogP contribution >= 0.6 is 0 Å². The first kappa shape index (κ1) is 25.6. The van der Waals surface area contributed by atoms with Gasteiger partial charge in [0, 0.05) is 12.0 Å². The third-order valence-electron chi connectivity index (χ3n) is 4.89. The average molecular weight is 466 g/mol. The van der Waals surface area contributed by atoms with Gasteiger partial charge in [-0.1, -0.05) is 13.0 Å². The van der Waals surface area contributed by atoms with Gasteiger partial charge >= 0.3 is 0 Å². The predicted octanol–water partition coefficient (Wildman–Crippen LogP) is -1.24. The van der Waals surface area contributed by atoms with E-state index in [2.05, 4.69) is 50.9 Å². The number of ether oxygens (including phenoxy) is 2. The SMILES string of the molecule is CCC(C)[NH+]=c1cc(-c2ccc(OC)c(OC)c2)oc2cc(C)cc(C)c12.[O-][Cl+3]([O-])([O-])[O-]. The van der Waals surface area contributed by atoms with E-state index in [1.807, 2.05) is 18.2 Å². The molecule has 1 unspecified atom stereocenters. The number of nitrogens with one attached hydrogen (secondary N) is 1. The Labute approximate surface area is 189 Å². The summed E-state index contributed by atoms with van der Waals surface area (Å²) in [4.78, 5) is 3.64. The number of hydrogen-bond donors (Lipinski definition) is 1. The van der Waals surface area contributed by atoms with Crippen LogP contribution in [0.5, 0.6) is 11.5 Å². The van der Waals surface area contributed by atoms with E-state index in [1.54, 1.807) is 14.2 Å². The van der Waals surface area contributed by atoms with E-state index in [-0.39, 0.29) is 0 Å². The summed E-state index contributed by atoms with van der Waals surface area (Å²) in [6.45, 7) is 8.59. The van der Waals surface area contributed by atoms with Crippen molar-refractivity contribution in [2.24, 2.45) is 0 Å². The highest BCUT2D eigenvalue weighted by Crippen LogP contribution is 2.33. The Morgan fingerprint density at radius 1 is 0.969 bits per heavy atom. The van der Waals surface area contributed by atoms with Crippen LogP contribution in [-0.4, -0.2) is 20.3 Å². The molecular weight excluding hydrogens is 438 g/mol. The largest absolute Gasteiger partial charge is 0.493 e. The van der Waals surface area contributed by atoms with Gasteiger partial charge in [0.1, 0.15) is 17.4 Å². The van der Waals surface area contributed by atoms with Gasteiger partial charge in [0.05, 0.1) is 25.7 Å². The Morgan fingerprint density at radius 3 is 2.16 bits per heavy atom. The fourth-order valence-corrected chi connectivity index (χ4v) is 3.32. The molecule has 1 aromatic heterocycles. The molecule has 0 bridgehead atoms.